The Labute approximate surface area is 174 Å². The van der Waals surface area contributed by atoms with Crippen molar-refractivity contribution in [3.05, 3.63) is 46.2 Å². The summed E-state index contributed by atoms with van der Waals surface area (Å²) in [4.78, 5) is 28.4. The Bertz CT molecular complexity index is 871. The average Bonchev–Trinajstić information content (AvgIpc) is 3.40. The molecule has 2 aliphatic rings. The molecule has 0 unspecified atom stereocenters. The number of carbonyl (C=O) groups is 2. The van der Waals surface area contributed by atoms with Gasteiger partial charge in [0.2, 0.25) is 12.7 Å². The molecule has 0 aliphatic carbocycles. The summed E-state index contributed by atoms with van der Waals surface area (Å²) in [5, 5.41) is 7.87. The van der Waals surface area contributed by atoms with Crippen molar-refractivity contribution in [2.24, 2.45) is 0 Å². The smallest absolute Gasteiger partial charge is 0.315 e. The van der Waals surface area contributed by atoms with Crippen LogP contribution in [0, 0.1) is 0 Å². The fraction of sp³-hybridized carbons (Fsp3) is 0.429. The number of hydrogen-bond donors (Lipinski definition) is 2. The fourth-order valence-corrected chi connectivity index (χ4v) is 4.45. The first-order valence-corrected chi connectivity index (χ1v) is 10.8. The molecule has 1 fully saturated rings. The van der Waals surface area contributed by atoms with Crippen molar-refractivity contribution >= 4 is 23.3 Å². The van der Waals surface area contributed by atoms with E-state index in [1.807, 2.05) is 47.5 Å². The van der Waals surface area contributed by atoms with Crippen molar-refractivity contribution in [1.82, 2.24) is 15.5 Å². The molecule has 29 heavy (non-hydrogen) atoms. The molecule has 2 aliphatic heterocycles. The zero-order valence-electron chi connectivity index (χ0n) is 16.3. The van der Waals surface area contributed by atoms with Gasteiger partial charge in [0.15, 0.2) is 11.5 Å². The Kier molecular flexibility index (Phi) is 5.89. The number of hydrogen-bond acceptors (Lipinski definition) is 5. The van der Waals surface area contributed by atoms with E-state index in [2.05, 4.69) is 10.6 Å². The van der Waals surface area contributed by atoms with Gasteiger partial charge in [-0.3, -0.25) is 4.79 Å². The van der Waals surface area contributed by atoms with Crippen LogP contribution < -0.4 is 20.1 Å². The molecule has 1 saturated heterocycles. The second-order valence-corrected chi connectivity index (χ2v) is 8.26. The Hall–Kier alpha value is -2.74. The Morgan fingerprint density at radius 1 is 1.31 bits per heavy atom. The van der Waals surface area contributed by atoms with Gasteiger partial charge in [-0.25, -0.2) is 4.79 Å². The number of fused-ring (bicyclic) bond motifs is 1. The summed E-state index contributed by atoms with van der Waals surface area (Å²) in [6.07, 6.45) is 2.26. The zero-order chi connectivity index (χ0) is 20.2. The summed E-state index contributed by atoms with van der Waals surface area (Å²) in [5.41, 5.74) is 0.946. The SMILES string of the molecule is CC[C@H](NC(=O)N[C@H]1CCCN(Cc2cccs2)C1=O)c1ccc2c(c1)OCO2. The van der Waals surface area contributed by atoms with Gasteiger partial charge in [0.25, 0.3) is 0 Å². The largest absolute Gasteiger partial charge is 0.454 e. The Morgan fingerprint density at radius 3 is 2.97 bits per heavy atom. The molecule has 2 atom stereocenters. The van der Waals surface area contributed by atoms with Crippen molar-refractivity contribution in [1.29, 1.82) is 0 Å². The Morgan fingerprint density at radius 2 is 2.17 bits per heavy atom. The van der Waals surface area contributed by atoms with Crippen LogP contribution in [-0.4, -0.2) is 36.2 Å². The first-order chi connectivity index (χ1) is 14.1. The number of amides is 3. The molecular weight excluding hydrogens is 390 g/mol. The van der Waals surface area contributed by atoms with E-state index in [1.54, 1.807) is 11.3 Å². The van der Waals surface area contributed by atoms with E-state index in [1.165, 1.54) is 0 Å². The summed E-state index contributed by atoms with van der Waals surface area (Å²) in [5.74, 6) is 1.39. The van der Waals surface area contributed by atoms with E-state index >= 15 is 0 Å². The van der Waals surface area contributed by atoms with Gasteiger partial charge in [0.05, 0.1) is 12.6 Å². The first kappa shape index (κ1) is 19.6. The second kappa shape index (κ2) is 8.73. The highest BCUT2D eigenvalue weighted by molar-refractivity contribution is 7.09. The molecule has 154 valence electrons. The number of piperidine rings is 1. The number of carbonyl (C=O) groups excluding carboxylic acids is 2. The molecule has 0 saturated carbocycles. The first-order valence-electron chi connectivity index (χ1n) is 9.91. The van der Waals surface area contributed by atoms with Crippen LogP contribution in [0.5, 0.6) is 11.5 Å². The lowest BCUT2D eigenvalue weighted by molar-refractivity contribution is -0.136. The van der Waals surface area contributed by atoms with E-state index in [9.17, 15) is 9.59 Å². The number of nitrogens with one attached hydrogen (secondary N) is 2. The van der Waals surface area contributed by atoms with Crippen molar-refractivity contribution in [3.63, 3.8) is 0 Å². The summed E-state index contributed by atoms with van der Waals surface area (Å²) in [7, 11) is 0. The van der Waals surface area contributed by atoms with Crippen molar-refractivity contribution in [3.8, 4) is 11.5 Å². The molecule has 0 radical (unpaired) electrons. The topological polar surface area (TPSA) is 79.9 Å². The van der Waals surface area contributed by atoms with Crippen molar-refractivity contribution in [2.75, 3.05) is 13.3 Å². The van der Waals surface area contributed by atoms with Crippen LogP contribution in [0.25, 0.3) is 0 Å². The zero-order valence-corrected chi connectivity index (χ0v) is 17.2. The molecule has 3 heterocycles. The van der Waals surface area contributed by atoms with Gasteiger partial charge in [-0.2, -0.15) is 0 Å². The van der Waals surface area contributed by atoms with Crippen LogP contribution >= 0.6 is 11.3 Å². The number of ether oxygens (including phenoxy) is 2. The van der Waals surface area contributed by atoms with E-state index < -0.39 is 6.04 Å². The molecule has 2 aromatic rings. The van der Waals surface area contributed by atoms with Gasteiger partial charge in [-0.05, 0) is 48.4 Å². The molecule has 7 nitrogen and oxygen atoms in total. The van der Waals surface area contributed by atoms with Crippen LogP contribution in [0.1, 0.15) is 42.7 Å². The van der Waals surface area contributed by atoms with Crippen LogP contribution in [0.4, 0.5) is 4.79 Å². The van der Waals surface area contributed by atoms with E-state index in [0.29, 0.717) is 24.5 Å². The van der Waals surface area contributed by atoms with Gasteiger partial charge in [0, 0.05) is 11.4 Å². The lowest BCUT2D eigenvalue weighted by Crippen LogP contribution is -2.54. The number of rotatable bonds is 6. The van der Waals surface area contributed by atoms with Crippen molar-refractivity contribution in [2.45, 2.75) is 44.8 Å². The molecule has 0 spiro atoms. The van der Waals surface area contributed by atoms with E-state index in [4.69, 9.17) is 9.47 Å². The normalized spacial score (nSPS) is 19.1. The standard InChI is InChI=1S/C21H25N3O4S/c1-2-16(14-7-8-18-19(11-14)28-13-27-18)22-21(26)23-17-6-3-9-24(20(17)25)12-15-5-4-10-29-15/h4-5,7-8,10-11,16-17H,2-3,6,9,12-13H2,1H3,(H2,22,23,26)/t16-,17-/m0/s1. The number of likely N-dealkylation sites (tertiary alicyclic amines) is 1. The second-order valence-electron chi connectivity index (χ2n) is 7.23. The summed E-state index contributed by atoms with van der Waals surface area (Å²) in [6.45, 7) is 3.55. The number of benzene rings is 1. The molecule has 4 rings (SSSR count). The lowest BCUT2D eigenvalue weighted by atomic mass is 10.0. The molecule has 0 bridgehead atoms. The minimum Gasteiger partial charge on any atom is -0.454 e. The van der Waals surface area contributed by atoms with Gasteiger partial charge >= 0.3 is 6.03 Å². The fourth-order valence-electron chi connectivity index (χ4n) is 3.73. The monoisotopic (exact) mass is 415 g/mol. The van der Waals surface area contributed by atoms with Gasteiger partial charge in [0.1, 0.15) is 6.04 Å². The predicted octanol–water partition coefficient (Wildman–Crippen LogP) is 3.42. The third kappa shape index (κ3) is 4.48. The quantitative estimate of drug-likeness (QED) is 0.758. The minimum absolute atomic E-state index is 0.0177. The van der Waals surface area contributed by atoms with Gasteiger partial charge in [-0.15, -0.1) is 11.3 Å². The van der Waals surface area contributed by atoms with Gasteiger partial charge in [-0.1, -0.05) is 19.1 Å². The van der Waals surface area contributed by atoms with Crippen molar-refractivity contribution < 1.29 is 19.1 Å². The highest BCUT2D eigenvalue weighted by Gasteiger charge is 2.30. The maximum absolute atomic E-state index is 12.8. The van der Waals surface area contributed by atoms with Crippen LogP contribution in [0.3, 0.4) is 0 Å². The van der Waals surface area contributed by atoms with Crippen LogP contribution in [0.2, 0.25) is 0 Å². The lowest BCUT2D eigenvalue weighted by Gasteiger charge is -2.32. The molecule has 2 N–H and O–H groups in total. The predicted molar refractivity (Wildman–Crippen MR) is 110 cm³/mol. The molecule has 1 aromatic heterocycles. The number of thiophene rings is 1. The van der Waals surface area contributed by atoms with E-state index in [-0.39, 0.29) is 24.8 Å². The maximum Gasteiger partial charge on any atom is 0.315 e. The summed E-state index contributed by atoms with van der Waals surface area (Å²) in [6, 6.07) is 8.70. The molecular formula is C21H25N3O4S. The molecule has 1 aromatic carbocycles. The third-order valence-electron chi connectivity index (χ3n) is 5.28. The van der Waals surface area contributed by atoms with Crippen LogP contribution in [0.15, 0.2) is 35.7 Å². The molecule has 8 heteroatoms. The molecule has 3 amide bonds. The minimum atomic E-state index is -0.488. The maximum atomic E-state index is 12.8. The Balaban J connectivity index is 1.36. The highest BCUT2D eigenvalue weighted by atomic mass is 32.1. The third-order valence-corrected chi connectivity index (χ3v) is 6.14. The van der Waals surface area contributed by atoms with Gasteiger partial charge < -0.3 is 25.0 Å². The number of urea groups is 1. The summed E-state index contributed by atoms with van der Waals surface area (Å²) < 4.78 is 10.8. The van der Waals surface area contributed by atoms with E-state index in [0.717, 1.165) is 29.8 Å². The number of nitrogens with zero attached hydrogens (tertiary/aromatic N) is 1. The average molecular weight is 416 g/mol. The highest BCUT2D eigenvalue weighted by Crippen LogP contribution is 2.34. The summed E-state index contributed by atoms with van der Waals surface area (Å²) >= 11 is 1.64. The van der Waals surface area contributed by atoms with Crippen LogP contribution in [-0.2, 0) is 11.3 Å².